The Morgan fingerprint density at radius 1 is 1.23 bits per heavy atom. The minimum absolute atomic E-state index is 0.0569. The molecule has 120 valence electrons. The van der Waals surface area contributed by atoms with Crippen LogP contribution in [0.25, 0.3) is 0 Å². The Labute approximate surface area is 133 Å². The molecule has 1 aromatic carbocycles. The molecular weight excluding hydrogens is 387 g/mol. The van der Waals surface area contributed by atoms with Crippen LogP contribution < -0.4 is 4.90 Å². The first kappa shape index (κ1) is 15.8. The van der Waals surface area contributed by atoms with Gasteiger partial charge in [0.25, 0.3) is 0 Å². The van der Waals surface area contributed by atoms with E-state index in [0.717, 1.165) is 6.07 Å². The molecule has 0 N–H and O–H groups in total. The van der Waals surface area contributed by atoms with Crippen LogP contribution in [0.1, 0.15) is 12.0 Å². The number of amides is 1. The van der Waals surface area contributed by atoms with Gasteiger partial charge in [0.05, 0.1) is 23.1 Å². The predicted octanol–water partition coefficient (Wildman–Crippen LogP) is 2.62. The molecule has 0 aromatic heterocycles. The highest BCUT2D eigenvalue weighted by Gasteiger charge is 2.49. The van der Waals surface area contributed by atoms with E-state index in [1.807, 2.05) is 0 Å². The fourth-order valence-corrected chi connectivity index (χ4v) is 5.65. The van der Waals surface area contributed by atoms with Gasteiger partial charge in [0.15, 0.2) is 9.84 Å². The Kier molecular flexibility index (Phi) is 3.56. The lowest BCUT2D eigenvalue weighted by Gasteiger charge is -2.24. The minimum atomic E-state index is -4.56. The third kappa shape index (κ3) is 2.64. The van der Waals surface area contributed by atoms with E-state index >= 15 is 0 Å². The van der Waals surface area contributed by atoms with Gasteiger partial charge in [0, 0.05) is 22.5 Å². The number of anilines is 1. The van der Waals surface area contributed by atoms with Crippen molar-refractivity contribution in [3.05, 3.63) is 28.2 Å². The second-order valence-corrected chi connectivity index (χ2v) is 8.54. The highest BCUT2D eigenvalue weighted by molar-refractivity contribution is 9.10. The van der Waals surface area contributed by atoms with E-state index in [2.05, 4.69) is 15.9 Å². The monoisotopic (exact) mass is 397 g/mol. The van der Waals surface area contributed by atoms with Crippen LogP contribution in [0.2, 0.25) is 0 Å². The minimum Gasteiger partial charge on any atom is -0.308 e. The van der Waals surface area contributed by atoms with E-state index in [4.69, 9.17) is 0 Å². The lowest BCUT2D eigenvalue weighted by atomic mass is 10.0. The zero-order valence-corrected chi connectivity index (χ0v) is 13.5. The molecule has 0 radical (unpaired) electrons. The molecule has 0 bridgehead atoms. The van der Waals surface area contributed by atoms with Crippen molar-refractivity contribution in [2.75, 3.05) is 16.4 Å². The zero-order valence-electron chi connectivity index (χ0n) is 11.1. The fraction of sp³-hybridized carbons (Fsp3) is 0.462. The van der Waals surface area contributed by atoms with Crippen molar-refractivity contribution in [3.8, 4) is 0 Å². The van der Waals surface area contributed by atoms with Crippen molar-refractivity contribution < 1.29 is 26.4 Å². The molecular formula is C13H11BrF3NO3S. The number of benzene rings is 1. The zero-order chi connectivity index (χ0) is 16.3. The van der Waals surface area contributed by atoms with Crippen LogP contribution in [0.3, 0.4) is 0 Å². The predicted molar refractivity (Wildman–Crippen MR) is 77.2 cm³/mol. The van der Waals surface area contributed by atoms with Gasteiger partial charge in [-0.05, 0) is 18.2 Å². The van der Waals surface area contributed by atoms with Gasteiger partial charge in [-0.2, -0.15) is 13.2 Å². The van der Waals surface area contributed by atoms with Crippen LogP contribution >= 0.6 is 15.9 Å². The Morgan fingerprint density at radius 3 is 2.55 bits per heavy atom. The van der Waals surface area contributed by atoms with E-state index in [0.29, 0.717) is 0 Å². The standard InChI is InChI=1S/C13H11BrF3NO3S/c14-10-2-1-8(4-9(10)13(15,16)17)18-11-6-22(20,21)5-7(11)3-12(18)19/h1-2,4,7,11H,3,5-6H2/t7-,11-/m1/s1. The van der Waals surface area contributed by atoms with Gasteiger partial charge in [0.1, 0.15) is 0 Å². The molecule has 0 unspecified atom stereocenters. The number of halogens is 4. The van der Waals surface area contributed by atoms with Gasteiger partial charge in [-0.15, -0.1) is 0 Å². The molecule has 2 atom stereocenters. The highest BCUT2D eigenvalue weighted by atomic mass is 79.9. The van der Waals surface area contributed by atoms with Crippen molar-refractivity contribution >= 4 is 37.4 Å². The first-order valence-electron chi connectivity index (χ1n) is 6.48. The van der Waals surface area contributed by atoms with Gasteiger partial charge >= 0.3 is 6.18 Å². The van der Waals surface area contributed by atoms with Gasteiger partial charge in [-0.1, -0.05) is 15.9 Å². The number of rotatable bonds is 1. The second kappa shape index (κ2) is 4.95. The lowest BCUT2D eigenvalue weighted by molar-refractivity contribution is -0.138. The average molecular weight is 398 g/mol. The number of alkyl halides is 3. The summed E-state index contributed by atoms with van der Waals surface area (Å²) in [6.07, 6.45) is -4.50. The van der Waals surface area contributed by atoms with Crippen LogP contribution in [0, 0.1) is 5.92 Å². The smallest absolute Gasteiger partial charge is 0.308 e. The highest BCUT2D eigenvalue weighted by Crippen LogP contribution is 2.41. The third-order valence-corrected chi connectivity index (χ3v) is 6.48. The second-order valence-electron chi connectivity index (χ2n) is 5.53. The van der Waals surface area contributed by atoms with Gasteiger partial charge in [0.2, 0.25) is 5.91 Å². The largest absolute Gasteiger partial charge is 0.417 e. The summed E-state index contributed by atoms with van der Waals surface area (Å²) >= 11 is 2.85. The van der Waals surface area contributed by atoms with Crippen LogP contribution in [-0.4, -0.2) is 31.9 Å². The van der Waals surface area contributed by atoms with Crippen molar-refractivity contribution in [2.24, 2.45) is 5.92 Å². The summed E-state index contributed by atoms with van der Waals surface area (Å²) in [5.41, 5.74) is -0.799. The quantitative estimate of drug-likeness (QED) is 0.731. The van der Waals surface area contributed by atoms with Crippen molar-refractivity contribution in [3.63, 3.8) is 0 Å². The van der Waals surface area contributed by atoms with E-state index in [-0.39, 0.29) is 39.9 Å². The Bertz CT molecular complexity index is 747. The summed E-state index contributed by atoms with van der Waals surface area (Å²) in [5, 5.41) is 0. The summed E-state index contributed by atoms with van der Waals surface area (Å²) in [7, 11) is -3.24. The molecule has 9 heteroatoms. The van der Waals surface area contributed by atoms with Crippen LogP contribution in [0.5, 0.6) is 0 Å². The van der Waals surface area contributed by atoms with E-state index < -0.39 is 27.6 Å². The van der Waals surface area contributed by atoms with Crippen LogP contribution in [-0.2, 0) is 20.8 Å². The topological polar surface area (TPSA) is 54.5 Å². The maximum absolute atomic E-state index is 13.0. The molecule has 0 aliphatic carbocycles. The summed E-state index contributed by atoms with van der Waals surface area (Å²) in [6, 6.07) is 2.93. The van der Waals surface area contributed by atoms with Crippen LogP contribution in [0.15, 0.2) is 22.7 Å². The number of hydrogen-bond acceptors (Lipinski definition) is 3. The summed E-state index contributed by atoms with van der Waals surface area (Å²) in [6.45, 7) is 0. The Hall–Kier alpha value is -1.09. The summed E-state index contributed by atoms with van der Waals surface area (Å²) in [5.74, 6) is -0.945. The number of carbonyl (C=O) groups is 1. The van der Waals surface area contributed by atoms with E-state index in [9.17, 15) is 26.4 Å². The van der Waals surface area contributed by atoms with Crippen LogP contribution in [0.4, 0.5) is 18.9 Å². The number of carbonyl (C=O) groups excluding carboxylic acids is 1. The molecule has 2 aliphatic rings. The van der Waals surface area contributed by atoms with Crippen molar-refractivity contribution in [1.29, 1.82) is 0 Å². The molecule has 1 amide bonds. The SMILES string of the molecule is O=C1C[C@@H]2CS(=O)(=O)C[C@H]2N1c1ccc(Br)c(C(F)(F)F)c1. The number of nitrogens with zero attached hydrogens (tertiary/aromatic N) is 1. The molecule has 1 aromatic rings. The lowest BCUT2D eigenvalue weighted by Crippen LogP contribution is -2.36. The van der Waals surface area contributed by atoms with Gasteiger partial charge in [-0.3, -0.25) is 4.79 Å². The fourth-order valence-electron chi connectivity index (χ4n) is 3.11. The first-order valence-corrected chi connectivity index (χ1v) is 9.09. The Balaban J connectivity index is 2.02. The summed E-state index contributed by atoms with van der Waals surface area (Å²) < 4.78 is 62.2. The molecule has 2 heterocycles. The number of sulfone groups is 1. The molecule has 2 saturated heterocycles. The molecule has 2 aliphatic heterocycles. The van der Waals surface area contributed by atoms with Crippen molar-refractivity contribution in [2.45, 2.75) is 18.6 Å². The molecule has 4 nitrogen and oxygen atoms in total. The van der Waals surface area contributed by atoms with Gasteiger partial charge < -0.3 is 4.90 Å². The molecule has 2 fully saturated rings. The maximum Gasteiger partial charge on any atom is 0.417 e. The number of fused-ring (bicyclic) bond motifs is 1. The van der Waals surface area contributed by atoms with Crippen molar-refractivity contribution in [1.82, 2.24) is 0 Å². The Morgan fingerprint density at radius 2 is 1.91 bits per heavy atom. The normalized spacial score (nSPS) is 27.3. The van der Waals surface area contributed by atoms with Gasteiger partial charge in [-0.25, -0.2) is 8.42 Å². The molecule has 3 rings (SSSR count). The van der Waals surface area contributed by atoms with E-state index in [1.54, 1.807) is 0 Å². The maximum atomic E-state index is 13.0. The summed E-state index contributed by atoms with van der Waals surface area (Å²) in [4.78, 5) is 13.3. The molecule has 22 heavy (non-hydrogen) atoms. The average Bonchev–Trinajstić information content (AvgIpc) is 2.79. The third-order valence-electron chi connectivity index (χ3n) is 4.01. The molecule has 0 saturated carbocycles. The van der Waals surface area contributed by atoms with E-state index in [1.165, 1.54) is 17.0 Å². The first-order chi connectivity index (χ1) is 10.1. The molecule has 0 spiro atoms. The number of hydrogen-bond donors (Lipinski definition) is 0.